The Morgan fingerprint density at radius 2 is 1.44 bits per heavy atom. The topological polar surface area (TPSA) is 142 Å². The highest BCUT2D eigenvalue weighted by Gasteiger charge is 2.52. The van der Waals surface area contributed by atoms with E-state index in [0.29, 0.717) is 0 Å². The maximum absolute atomic E-state index is 11.8. The first-order valence-corrected chi connectivity index (χ1v) is 10.8. The lowest BCUT2D eigenvalue weighted by Crippen LogP contribution is -2.62. The molecule has 12 nitrogen and oxygen atoms in total. The van der Waals surface area contributed by atoms with Gasteiger partial charge in [-0.15, -0.1) is 0 Å². The molecule has 0 spiro atoms. The molecule has 1 rings (SSSR count). The second-order valence-corrected chi connectivity index (χ2v) is 7.69. The SMILES string of the molecule is CSC(=N\[C@@H]1O[C@H](COC(C)=O)[C@@H](OC(C)=O)[C@H](OC(C)=O)[C@H]1OC(C)=O)/N=C/N(C)C. The van der Waals surface area contributed by atoms with E-state index in [1.807, 2.05) is 0 Å². The average molecular weight is 476 g/mol. The molecule has 0 bridgehead atoms. The number of carbonyl (C=O) groups excluding carboxylic acids is 4. The second kappa shape index (κ2) is 13.0. The van der Waals surface area contributed by atoms with Crippen molar-refractivity contribution in [3.63, 3.8) is 0 Å². The monoisotopic (exact) mass is 475 g/mol. The molecular formula is C19H29N3O9S. The van der Waals surface area contributed by atoms with Gasteiger partial charge in [0.15, 0.2) is 29.7 Å². The van der Waals surface area contributed by atoms with Crippen LogP contribution in [0.1, 0.15) is 27.7 Å². The highest BCUT2D eigenvalue weighted by molar-refractivity contribution is 8.13. The lowest BCUT2D eigenvalue weighted by atomic mass is 9.97. The van der Waals surface area contributed by atoms with Crippen LogP contribution >= 0.6 is 11.8 Å². The third-order valence-corrected chi connectivity index (χ3v) is 4.36. The number of aliphatic imine (C=N–C) groups is 2. The molecule has 0 unspecified atom stereocenters. The van der Waals surface area contributed by atoms with E-state index in [1.54, 1.807) is 25.3 Å². The second-order valence-electron chi connectivity index (χ2n) is 6.91. The zero-order valence-corrected chi connectivity index (χ0v) is 19.9. The van der Waals surface area contributed by atoms with E-state index in [9.17, 15) is 19.2 Å². The van der Waals surface area contributed by atoms with Gasteiger partial charge in [0.05, 0.1) is 6.34 Å². The summed E-state index contributed by atoms with van der Waals surface area (Å²) in [7, 11) is 3.55. The van der Waals surface area contributed by atoms with E-state index in [4.69, 9.17) is 23.7 Å². The molecule has 13 heteroatoms. The zero-order valence-electron chi connectivity index (χ0n) is 19.1. The van der Waals surface area contributed by atoms with Crippen LogP contribution in [0, 0.1) is 0 Å². The van der Waals surface area contributed by atoms with Gasteiger partial charge in [-0.25, -0.2) is 9.98 Å². The molecule has 32 heavy (non-hydrogen) atoms. The summed E-state index contributed by atoms with van der Waals surface area (Å²) < 4.78 is 27.0. The number of rotatable bonds is 7. The Labute approximate surface area is 190 Å². The van der Waals surface area contributed by atoms with Crippen LogP contribution in [-0.4, -0.2) is 97.9 Å². The molecule has 1 fully saturated rings. The standard InChI is InChI=1S/C19H29N3O9S/c1-10(23)27-8-14-15(28-11(2)24)16(29-12(3)25)17(30-13(4)26)18(31-14)21-19(32-7)20-9-22(5)6/h9,14-18H,8H2,1-7H3/b20-9+,21-19-/t14-,15-,16+,17-,18-/m1/s1. The Balaban J connectivity index is 3.48. The van der Waals surface area contributed by atoms with Crippen molar-refractivity contribution in [2.24, 2.45) is 9.98 Å². The van der Waals surface area contributed by atoms with E-state index in [2.05, 4.69) is 9.98 Å². The molecule has 0 radical (unpaired) electrons. The summed E-state index contributed by atoms with van der Waals surface area (Å²) in [6, 6.07) is 0. The van der Waals surface area contributed by atoms with Crippen molar-refractivity contribution in [2.75, 3.05) is 27.0 Å². The largest absolute Gasteiger partial charge is 0.463 e. The van der Waals surface area contributed by atoms with Crippen molar-refractivity contribution in [3.8, 4) is 0 Å². The first kappa shape index (κ1) is 27.4. The minimum absolute atomic E-state index is 0.277. The molecule has 1 saturated heterocycles. The quantitative estimate of drug-likeness (QED) is 0.218. The van der Waals surface area contributed by atoms with Gasteiger partial charge in [-0.3, -0.25) is 19.2 Å². The average Bonchev–Trinajstić information content (AvgIpc) is 2.66. The predicted octanol–water partition coefficient (Wildman–Crippen LogP) is 0.378. The number of hydrogen-bond acceptors (Lipinski definition) is 11. The molecular weight excluding hydrogens is 446 g/mol. The van der Waals surface area contributed by atoms with Gasteiger partial charge in [0, 0.05) is 41.8 Å². The Morgan fingerprint density at radius 1 is 0.906 bits per heavy atom. The molecule has 180 valence electrons. The molecule has 0 N–H and O–H groups in total. The normalized spacial score (nSPS) is 25.7. The molecule has 1 aliphatic rings. The first-order chi connectivity index (χ1) is 14.9. The fourth-order valence-electron chi connectivity index (χ4n) is 2.72. The molecule has 1 heterocycles. The van der Waals surface area contributed by atoms with Crippen LogP contribution in [0.3, 0.4) is 0 Å². The van der Waals surface area contributed by atoms with Crippen LogP contribution in [0.2, 0.25) is 0 Å². The highest BCUT2D eigenvalue weighted by Crippen LogP contribution is 2.30. The van der Waals surface area contributed by atoms with Crippen LogP contribution in [0.25, 0.3) is 0 Å². The van der Waals surface area contributed by atoms with Crippen molar-refractivity contribution in [1.29, 1.82) is 0 Å². The molecule has 5 atom stereocenters. The molecule has 0 aliphatic carbocycles. The Hall–Kier alpha value is -2.67. The maximum Gasteiger partial charge on any atom is 0.303 e. The fourth-order valence-corrected chi connectivity index (χ4v) is 3.08. The van der Waals surface area contributed by atoms with Gasteiger partial charge in [-0.2, -0.15) is 0 Å². The van der Waals surface area contributed by atoms with E-state index in [-0.39, 0.29) is 11.8 Å². The Bertz CT molecular complexity index is 756. The van der Waals surface area contributed by atoms with Crippen molar-refractivity contribution in [3.05, 3.63) is 0 Å². The van der Waals surface area contributed by atoms with Gasteiger partial charge in [-0.1, -0.05) is 11.8 Å². The third kappa shape index (κ3) is 9.22. The van der Waals surface area contributed by atoms with Gasteiger partial charge >= 0.3 is 23.9 Å². The van der Waals surface area contributed by atoms with Crippen LogP contribution in [0.4, 0.5) is 0 Å². The number of esters is 4. The smallest absolute Gasteiger partial charge is 0.303 e. The van der Waals surface area contributed by atoms with Gasteiger partial charge < -0.3 is 28.6 Å². The number of ether oxygens (including phenoxy) is 5. The number of nitrogens with zero attached hydrogens (tertiary/aromatic N) is 3. The van der Waals surface area contributed by atoms with Gasteiger partial charge in [0.25, 0.3) is 0 Å². The van der Waals surface area contributed by atoms with Gasteiger partial charge in [0.2, 0.25) is 0 Å². The first-order valence-electron chi connectivity index (χ1n) is 9.57. The molecule has 0 aromatic rings. The summed E-state index contributed by atoms with van der Waals surface area (Å²) in [4.78, 5) is 57.0. The fraction of sp³-hybridized carbons (Fsp3) is 0.684. The molecule has 0 saturated carbocycles. The summed E-state index contributed by atoms with van der Waals surface area (Å²) in [5, 5.41) is 0.277. The van der Waals surface area contributed by atoms with Crippen LogP contribution in [-0.2, 0) is 42.9 Å². The Morgan fingerprint density at radius 3 is 1.91 bits per heavy atom. The van der Waals surface area contributed by atoms with Gasteiger partial charge in [-0.05, 0) is 6.26 Å². The number of hydrogen-bond donors (Lipinski definition) is 0. The van der Waals surface area contributed by atoms with Crippen LogP contribution < -0.4 is 0 Å². The summed E-state index contributed by atoms with van der Waals surface area (Å²) in [5.41, 5.74) is 0. The Kier molecular flexibility index (Phi) is 11.1. The maximum atomic E-state index is 11.8. The summed E-state index contributed by atoms with van der Waals surface area (Å²) in [5.74, 6) is -2.71. The van der Waals surface area contributed by atoms with Crippen molar-refractivity contribution < 1.29 is 42.9 Å². The number of carbonyl (C=O) groups is 4. The summed E-state index contributed by atoms with van der Waals surface area (Å²) in [6.45, 7) is 4.35. The van der Waals surface area contributed by atoms with E-state index >= 15 is 0 Å². The predicted molar refractivity (Wildman–Crippen MR) is 115 cm³/mol. The lowest BCUT2D eigenvalue weighted by molar-refractivity contribution is -0.250. The molecule has 1 aliphatic heterocycles. The molecule has 0 amide bonds. The van der Waals surface area contributed by atoms with Crippen molar-refractivity contribution in [1.82, 2.24) is 4.90 Å². The zero-order chi connectivity index (χ0) is 24.4. The van der Waals surface area contributed by atoms with Crippen LogP contribution in [0.15, 0.2) is 9.98 Å². The number of amidine groups is 1. The summed E-state index contributed by atoms with van der Waals surface area (Å²) in [6.07, 6.45) is -2.77. The third-order valence-electron chi connectivity index (χ3n) is 3.79. The molecule has 0 aromatic carbocycles. The van der Waals surface area contributed by atoms with E-state index < -0.39 is 54.5 Å². The minimum atomic E-state index is -1.27. The van der Waals surface area contributed by atoms with Crippen LogP contribution in [0.5, 0.6) is 0 Å². The number of thioether (sulfide) groups is 1. The lowest BCUT2D eigenvalue weighted by Gasteiger charge is -2.43. The highest BCUT2D eigenvalue weighted by atomic mass is 32.2. The summed E-state index contributed by atoms with van der Waals surface area (Å²) >= 11 is 1.20. The van der Waals surface area contributed by atoms with E-state index in [1.165, 1.54) is 25.0 Å². The van der Waals surface area contributed by atoms with Crippen molar-refractivity contribution in [2.45, 2.75) is 58.3 Å². The molecule has 0 aromatic heterocycles. The van der Waals surface area contributed by atoms with E-state index in [0.717, 1.165) is 20.8 Å². The van der Waals surface area contributed by atoms with Crippen molar-refractivity contribution >= 4 is 47.1 Å². The minimum Gasteiger partial charge on any atom is -0.463 e. The van der Waals surface area contributed by atoms with Gasteiger partial charge in [0.1, 0.15) is 12.7 Å².